The molecular formula is C8H12ClN2OP. The van der Waals surface area contributed by atoms with E-state index in [-0.39, 0.29) is 5.91 Å². The van der Waals surface area contributed by atoms with Crippen molar-refractivity contribution in [1.29, 1.82) is 0 Å². The molecule has 0 N–H and O–H groups in total. The van der Waals surface area contributed by atoms with Gasteiger partial charge in [0.05, 0.1) is 5.66 Å². The molecule has 2 aliphatic rings. The van der Waals surface area contributed by atoms with Gasteiger partial charge < -0.3 is 0 Å². The van der Waals surface area contributed by atoms with Crippen LogP contribution in [0, 0.1) is 0 Å². The first-order chi connectivity index (χ1) is 6.20. The lowest BCUT2D eigenvalue weighted by molar-refractivity contribution is -0.124. The van der Waals surface area contributed by atoms with Crippen molar-refractivity contribution in [2.75, 3.05) is 0 Å². The van der Waals surface area contributed by atoms with Crippen LogP contribution in [0.3, 0.4) is 0 Å². The Balaban J connectivity index is 2.19. The maximum atomic E-state index is 11.2. The van der Waals surface area contributed by atoms with Gasteiger partial charge in [0, 0.05) is 12.6 Å². The zero-order chi connectivity index (χ0) is 9.42. The molecule has 1 fully saturated rings. The minimum atomic E-state index is -0.873. The molecule has 2 atom stereocenters. The summed E-state index contributed by atoms with van der Waals surface area (Å²) in [7, 11) is -0.873. The van der Waals surface area contributed by atoms with E-state index < -0.39 is 7.43 Å². The monoisotopic (exact) mass is 218 g/mol. The molecule has 72 valence electrons. The summed E-state index contributed by atoms with van der Waals surface area (Å²) in [6, 6.07) is 0. The van der Waals surface area contributed by atoms with Crippen LogP contribution in [0.2, 0.25) is 0 Å². The van der Waals surface area contributed by atoms with E-state index in [1.54, 1.807) is 0 Å². The molecule has 1 aliphatic heterocycles. The Hall–Kier alpha value is -0.140. The molecule has 0 aromatic rings. The highest BCUT2D eigenvalue weighted by Gasteiger charge is 2.39. The largest absolute Gasteiger partial charge is 0.273 e. The Labute approximate surface area is 83.7 Å². The molecule has 1 saturated carbocycles. The van der Waals surface area contributed by atoms with Crippen molar-refractivity contribution in [1.82, 2.24) is 4.78 Å². The molecule has 0 spiro atoms. The van der Waals surface area contributed by atoms with Crippen molar-refractivity contribution >= 4 is 30.3 Å². The van der Waals surface area contributed by atoms with Gasteiger partial charge in [-0.15, -0.1) is 0 Å². The third kappa shape index (κ3) is 1.60. The van der Waals surface area contributed by atoms with Crippen LogP contribution in [0.5, 0.6) is 0 Å². The van der Waals surface area contributed by atoms with Crippen molar-refractivity contribution in [3.8, 4) is 0 Å². The van der Waals surface area contributed by atoms with Gasteiger partial charge in [0.15, 0.2) is 0 Å². The first-order valence-electron chi connectivity index (χ1n) is 4.53. The minimum absolute atomic E-state index is 0.0250. The number of hydrogen-bond acceptors (Lipinski definition) is 2. The van der Waals surface area contributed by atoms with Gasteiger partial charge in [-0.2, -0.15) is 9.88 Å². The smallest absolute Gasteiger partial charge is 0.244 e. The number of carbonyl (C=O) groups excluding carboxylic acids is 1. The summed E-state index contributed by atoms with van der Waals surface area (Å²) in [4.78, 5) is 11.2. The second-order valence-electron chi connectivity index (χ2n) is 3.45. The molecule has 0 radical (unpaired) electrons. The van der Waals surface area contributed by atoms with Crippen LogP contribution < -0.4 is 0 Å². The van der Waals surface area contributed by atoms with Gasteiger partial charge in [0.1, 0.15) is 7.43 Å². The van der Waals surface area contributed by atoms with Gasteiger partial charge in [-0.1, -0.05) is 17.7 Å². The third-order valence-electron chi connectivity index (χ3n) is 2.49. The minimum Gasteiger partial charge on any atom is -0.273 e. The van der Waals surface area contributed by atoms with Crippen molar-refractivity contribution in [2.24, 2.45) is 5.10 Å². The van der Waals surface area contributed by atoms with Crippen LogP contribution in [0.4, 0.5) is 0 Å². The van der Waals surface area contributed by atoms with E-state index in [0.717, 1.165) is 18.6 Å². The van der Waals surface area contributed by atoms with Crippen LogP contribution >= 0.6 is 18.7 Å². The van der Waals surface area contributed by atoms with Crippen LogP contribution in [0.25, 0.3) is 0 Å². The van der Waals surface area contributed by atoms with E-state index in [1.807, 2.05) is 0 Å². The van der Waals surface area contributed by atoms with Gasteiger partial charge in [-0.25, -0.2) is 0 Å². The van der Waals surface area contributed by atoms with Crippen molar-refractivity contribution in [3.63, 3.8) is 0 Å². The molecule has 13 heavy (non-hydrogen) atoms. The number of amides is 1. The molecular weight excluding hydrogens is 207 g/mol. The summed E-state index contributed by atoms with van der Waals surface area (Å²) in [6.07, 6.45) is 4.56. The molecule has 0 aromatic carbocycles. The lowest BCUT2D eigenvalue weighted by Gasteiger charge is -2.21. The van der Waals surface area contributed by atoms with Crippen LogP contribution in [-0.4, -0.2) is 22.1 Å². The highest BCUT2D eigenvalue weighted by molar-refractivity contribution is 7.84. The summed E-state index contributed by atoms with van der Waals surface area (Å²) in [6.45, 7) is 1.53. The normalized spacial score (nSPS) is 32.8. The molecule has 0 bridgehead atoms. The van der Waals surface area contributed by atoms with Crippen molar-refractivity contribution in [2.45, 2.75) is 38.3 Å². The van der Waals surface area contributed by atoms with E-state index in [9.17, 15) is 4.79 Å². The molecule has 0 saturated heterocycles. The van der Waals surface area contributed by atoms with Crippen LogP contribution in [-0.2, 0) is 4.79 Å². The predicted molar refractivity (Wildman–Crippen MR) is 55.0 cm³/mol. The van der Waals surface area contributed by atoms with Gasteiger partial charge >= 0.3 is 0 Å². The highest BCUT2D eigenvalue weighted by Crippen LogP contribution is 2.58. The van der Waals surface area contributed by atoms with E-state index in [1.165, 1.54) is 24.5 Å². The summed E-state index contributed by atoms with van der Waals surface area (Å²) in [5.74, 6) is -0.0250. The first-order valence-corrected chi connectivity index (χ1v) is 6.80. The Morgan fingerprint density at radius 3 is 3.08 bits per heavy atom. The summed E-state index contributed by atoms with van der Waals surface area (Å²) < 4.78 is 1.49. The topological polar surface area (TPSA) is 32.7 Å². The molecule has 2 unspecified atom stereocenters. The molecule has 0 aromatic heterocycles. The summed E-state index contributed by atoms with van der Waals surface area (Å²) >= 11 is 6.20. The fourth-order valence-electron chi connectivity index (χ4n) is 1.82. The Morgan fingerprint density at radius 2 is 2.46 bits per heavy atom. The van der Waals surface area contributed by atoms with Gasteiger partial charge in [0.2, 0.25) is 5.91 Å². The molecule has 5 heteroatoms. The molecule has 1 heterocycles. The molecule has 3 nitrogen and oxygen atoms in total. The fourth-order valence-corrected chi connectivity index (χ4v) is 4.43. The maximum Gasteiger partial charge on any atom is 0.244 e. The zero-order valence-electron chi connectivity index (χ0n) is 7.53. The second kappa shape index (κ2) is 3.55. The Morgan fingerprint density at radius 1 is 1.69 bits per heavy atom. The number of rotatable bonds is 0. The van der Waals surface area contributed by atoms with E-state index in [4.69, 9.17) is 11.2 Å². The van der Waals surface area contributed by atoms with Crippen molar-refractivity contribution in [3.05, 3.63) is 0 Å². The van der Waals surface area contributed by atoms with Crippen LogP contribution in [0.1, 0.15) is 32.6 Å². The number of fused-ring (bicyclic) bond motifs is 1. The summed E-state index contributed by atoms with van der Waals surface area (Å²) in [5, 5.41) is 4.29. The average molecular weight is 219 g/mol. The number of nitrogens with zero attached hydrogens (tertiary/aromatic N) is 2. The van der Waals surface area contributed by atoms with Gasteiger partial charge in [-0.3, -0.25) is 4.79 Å². The lowest BCUT2D eigenvalue weighted by Crippen LogP contribution is -2.19. The average Bonchev–Trinajstić information content (AvgIpc) is 2.45. The second-order valence-corrected chi connectivity index (χ2v) is 6.07. The number of hydrogen-bond donors (Lipinski definition) is 0. The predicted octanol–water partition coefficient (Wildman–Crippen LogP) is 2.70. The van der Waals surface area contributed by atoms with Gasteiger partial charge in [0.25, 0.3) is 0 Å². The SMILES string of the molecule is CC(=O)N1N=C2CCCCC2P1Cl. The third-order valence-corrected chi connectivity index (χ3v) is 5.43. The summed E-state index contributed by atoms with van der Waals surface area (Å²) in [5.41, 5.74) is 1.54. The number of carbonyl (C=O) groups is 1. The zero-order valence-corrected chi connectivity index (χ0v) is 9.18. The molecule has 2 rings (SSSR count). The molecule has 1 aliphatic carbocycles. The molecule has 1 amide bonds. The lowest BCUT2D eigenvalue weighted by atomic mass is 9.98. The highest BCUT2D eigenvalue weighted by atomic mass is 35.7. The quantitative estimate of drug-likeness (QED) is 0.576. The Kier molecular flexibility index (Phi) is 2.57. The number of hydrazone groups is 1. The van der Waals surface area contributed by atoms with Crippen molar-refractivity contribution < 1.29 is 4.79 Å². The Bertz CT molecular complexity index is 269. The maximum absolute atomic E-state index is 11.2. The number of halogens is 1. The standard InChI is InChI=1S/C8H12ClN2OP/c1-6(12)11-10-7-4-2-3-5-8(7)13(11)9/h8H,2-5H2,1H3. The van der Waals surface area contributed by atoms with E-state index >= 15 is 0 Å². The fraction of sp³-hybridized carbons (Fsp3) is 0.750. The van der Waals surface area contributed by atoms with E-state index in [2.05, 4.69) is 5.10 Å². The van der Waals surface area contributed by atoms with E-state index in [0.29, 0.717) is 5.66 Å². The van der Waals surface area contributed by atoms with Gasteiger partial charge in [-0.05, 0) is 19.3 Å². The first kappa shape index (κ1) is 9.42. The van der Waals surface area contributed by atoms with Crippen LogP contribution in [0.15, 0.2) is 5.10 Å².